The molecule has 6 heteroatoms. The van der Waals surface area contributed by atoms with Gasteiger partial charge in [0.15, 0.2) is 0 Å². The van der Waals surface area contributed by atoms with E-state index < -0.39 is 0 Å². The monoisotopic (exact) mass is 427 g/mol. The van der Waals surface area contributed by atoms with Crippen LogP contribution in [0.2, 0.25) is 0 Å². The molecule has 0 saturated carbocycles. The van der Waals surface area contributed by atoms with Gasteiger partial charge in [-0.15, -0.1) is 10.2 Å². The van der Waals surface area contributed by atoms with E-state index in [9.17, 15) is 0 Å². The summed E-state index contributed by atoms with van der Waals surface area (Å²) in [7, 11) is 0. The van der Waals surface area contributed by atoms with E-state index in [1.807, 2.05) is 32.0 Å². The van der Waals surface area contributed by atoms with Crippen molar-refractivity contribution < 1.29 is 4.42 Å². The van der Waals surface area contributed by atoms with Crippen molar-refractivity contribution >= 4 is 6.08 Å². The summed E-state index contributed by atoms with van der Waals surface area (Å²) in [6.45, 7) is 8.27. The first-order valence-corrected chi connectivity index (χ1v) is 11.1. The van der Waals surface area contributed by atoms with Gasteiger partial charge in [0.1, 0.15) is 11.4 Å². The molecule has 2 heterocycles. The van der Waals surface area contributed by atoms with Gasteiger partial charge in [-0.2, -0.15) is 15.0 Å². The molecule has 0 amide bonds. The number of benzene rings is 2. The Hall–Kier alpha value is -3.54. The molecule has 4 aromatic rings. The number of allylic oxidation sites excluding steroid dienone is 1. The zero-order valence-corrected chi connectivity index (χ0v) is 19.1. The molecule has 0 unspecified atom stereocenters. The maximum atomic E-state index is 5.68. The van der Waals surface area contributed by atoms with Crippen LogP contribution in [-0.2, 0) is 6.42 Å². The summed E-state index contributed by atoms with van der Waals surface area (Å²) in [5.74, 6) is 1.63. The van der Waals surface area contributed by atoms with Gasteiger partial charge < -0.3 is 4.42 Å². The predicted molar refractivity (Wildman–Crippen MR) is 127 cm³/mol. The van der Waals surface area contributed by atoms with Gasteiger partial charge in [-0.25, -0.2) is 0 Å². The van der Waals surface area contributed by atoms with Crippen molar-refractivity contribution in [3.05, 3.63) is 78.0 Å². The minimum absolute atomic E-state index is 0.190. The Labute approximate surface area is 189 Å². The molecule has 0 radical (unpaired) electrons. The molecule has 164 valence electrons. The topological polar surface area (TPSA) is 69.6 Å². The molecular weight excluding hydrogens is 398 g/mol. The Morgan fingerprint density at radius 3 is 2.28 bits per heavy atom. The fourth-order valence-electron chi connectivity index (χ4n) is 3.35. The van der Waals surface area contributed by atoms with E-state index in [-0.39, 0.29) is 12.0 Å². The molecule has 0 aliphatic heterocycles. The van der Waals surface area contributed by atoms with Crippen molar-refractivity contribution in [2.75, 3.05) is 0 Å². The van der Waals surface area contributed by atoms with Crippen LogP contribution < -0.4 is 0 Å². The van der Waals surface area contributed by atoms with Gasteiger partial charge in [0.2, 0.25) is 11.8 Å². The van der Waals surface area contributed by atoms with Crippen molar-refractivity contribution in [1.29, 1.82) is 0 Å². The number of nitrogens with zero attached hydrogens (tertiary/aromatic N) is 5. The van der Waals surface area contributed by atoms with Crippen LogP contribution in [0.4, 0.5) is 0 Å². The minimum atomic E-state index is 0.190. The maximum absolute atomic E-state index is 5.68. The van der Waals surface area contributed by atoms with Crippen molar-refractivity contribution in [3.8, 4) is 22.5 Å². The first-order chi connectivity index (χ1) is 15.5. The molecular formula is C26H29N5O. The third kappa shape index (κ3) is 5.02. The first-order valence-electron chi connectivity index (χ1n) is 11.1. The molecule has 0 atom stereocenters. The van der Waals surface area contributed by atoms with Gasteiger partial charge in [0, 0.05) is 23.5 Å². The second-order valence-electron chi connectivity index (χ2n) is 8.43. The van der Waals surface area contributed by atoms with Crippen LogP contribution in [0.25, 0.3) is 28.6 Å². The number of hydrogen-bond acceptors (Lipinski definition) is 5. The van der Waals surface area contributed by atoms with E-state index >= 15 is 0 Å². The lowest BCUT2D eigenvalue weighted by atomic mass is 10.0. The summed E-state index contributed by atoms with van der Waals surface area (Å²) in [6.07, 6.45) is 5.83. The minimum Gasteiger partial charge on any atom is -0.425 e. The number of aromatic nitrogens is 5. The highest BCUT2D eigenvalue weighted by Crippen LogP contribution is 2.30. The number of rotatable bonds is 8. The standard InChI is InChI=1S/C26H29N5O/c1-18(2)26-28-27-23(32-26)16-9-8-11-20-12-10-15-22(17-20)25-24(21-13-6-5-7-14-21)29-31(30-25)19(3)4/h5-8,10-15,17-19H,9,16H2,1-4H3/b11-8+. The lowest BCUT2D eigenvalue weighted by Gasteiger charge is -2.03. The number of hydrogen-bond donors (Lipinski definition) is 0. The average Bonchev–Trinajstić information content (AvgIpc) is 3.45. The van der Waals surface area contributed by atoms with Gasteiger partial charge >= 0.3 is 0 Å². The van der Waals surface area contributed by atoms with E-state index in [4.69, 9.17) is 14.6 Å². The maximum Gasteiger partial charge on any atom is 0.219 e. The van der Waals surface area contributed by atoms with Crippen molar-refractivity contribution in [3.63, 3.8) is 0 Å². The van der Waals surface area contributed by atoms with Crippen LogP contribution in [0.3, 0.4) is 0 Å². The highest BCUT2D eigenvalue weighted by molar-refractivity contribution is 5.78. The quantitative estimate of drug-likeness (QED) is 0.328. The van der Waals surface area contributed by atoms with Gasteiger partial charge in [0.05, 0.1) is 6.04 Å². The first kappa shape index (κ1) is 21.7. The normalized spacial score (nSPS) is 11.8. The Kier molecular flexibility index (Phi) is 6.59. The molecule has 2 aromatic carbocycles. The fraction of sp³-hybridized carbons (Fsp3) is 0.308. The highest BCUT2D eigenvalue weighted by Gasteiger charge is 2.16. The van der Waals surface area contributed by atoms with Crippen LogP contribution in [0, 0.1) is 0 Å². The molecule has 0 aliphatic carbocycles. The Balaban J connectivity index is 1.53. The summed E-state index contributed by atoms with van der Waals surface area (Å²) in [5, 5.41) is 17.8. The summed E-state index contributed by atoms with van der Waals surface area (Å²) >= 11 is 0. The predicted octanol–water partition coefficient (Wildman–Crippen LogP) is 6.35. The fourth-order valence-corrected chi connectivity index (χ4v) is 3.35. The SMILES string of the molecule is CC(C)c1nnc(CC/C=C/c2cccc(-c3nn(C(C)C)nc3-c3ccccc3)c2)o1. The van der Waals surface area contributed by atoms with E-state index in [2.05, 4.69) is 72.6 Å². The van der Waals surface area contributed by atoms with Crippen LogP contribution >= 0.6 is 0 Å². The lowest BCUT2D eigenvalue weighted by molar-refractivity contribution is 0.432. The van der Waals surface area contributed by atoms with Gasteiger partial charge in [-0.05, 0) is 31.9 Å². The molecule has 0 spiro atoms. The third-order valence-corrected chi connectivity index (χ3v) is 5.11. The molecule has 6 nitrogen and oxygen atoms in total. The largest absolute Gasteiger partial charge is 0.425 e. The molecule has 2 aromatic heterocycles. The van der Waals surface area contributed by atoms with E-state index in [1.54, 1.807) is 4.80 Å². The molecule has 0 aliphatic rings. The second kappa shape index (κ2) is 9.73. The third-order valence-electron chi connectivity index (χ3n) is 5.11. The van der Waals surface area contributed by atoms with Crippen LogP contribution in [-0.4, -0.2) is 25.2 Å². The molecule has 32 heavy (non-hydrogen) atoms. The molecule has 0 bridgehead atoms. The molecule has 0 fully saturated rings. The Bertz CT molecular complexity index is 1190. The Morgan fingerprint density at radius 1 is 0.875 bits per heavy atom. The van der Waals surface area contributed by atoms with Crippen molar-refractivity contribution in [2.24, 2.45) is 0 Å². The Morgan fingerprint density at radius 2 is 1.59 bits per heavy atom. The second-order valence-corrected chi connectivity index (χ2v) is 8.43. The van der Waals surface area contributed by atoms with E-state index in [0.717, 1.165) is 40.9 Å². The molecule has 0 saturated heterocycles. The van der Waals surface area contributed by atoms with Crippen LogP contribution in [0.15, 0.2) is 65.1 Å². The summed E-state index contributed by atoms with van der Waals surface area (Å²) in [4.78, 5) is 1.79. The van der Waals surface area contributed by atoms with E-state index in [0.29, 0.717) is 11.8 Å². The van der Waals surface area contributed by atoms with Crippen molar-refractivity contribution in [1.82, 2.24) is 25.2 Å². The van der Waals surface area contributed by atoms with Gasteiger partial charge in [0.25, 0.3) is 0 Å². The zero-order chi connectivity index (χ0) is 22.5. The van der Waals surface area contributed by atoms with Crippen LogP contribution in [0.1, 0.15) is 63.4 Å². The number of aryl methyl sites for hydroxylation is 1. The van der Waals surface area contributed by atoms with Gasteiger partial charge in [-0.1, -0.05) is 74.5 Å². The highest BCUT2D eigenvalue weighted by atomic mass is 16.4. The van der Waals surface area contributed by atoms with Crippen LogP contribution in [0.5, 0.6) is 0 Å². The summed E-state index contributed by atoms with van der Waals surface area (Å²) in [6, 6.07) is 18.8. The van der Waals surface area contributed by atoms with Crippen molar-refractivity contribution in [2.45, 2.75) is 52.5 Å². The molecule has 0 N–H and O–H groups in total. The lowest BCUT2D eigenvalue weighted by Crippen LogP contribution is -2.04. The summed E-state index contributed by atoms with van der Waals surface area (Å²) < 4.78 is 5.68. The molecule has 4 rings (SSSR count). The average molecular weight is 428 g/mol. The zero-order valence-electron chi connectivity index (χ0n) is 19.1. The van der Waals surface area contributed by atoms with Gasteiger partial charge in [-0.3, -0.25) is 0 Å². The smallest absolute Gasteiger partial charge is 0.219 e. The van der Waals surface area contributed by atoms with E-state index in [1.165, 1.54) is 0 Å². The summed E-state index contributed by atoms with van der Waals surface area (Å²) in [5.41, 5.74) is 5.03.